The van der Waals surface area contributed by atoms with Crippen molar-refractivity contribution in [1.82, 2.24) is 9.97 Å². The van der Waals surface area contributed by atoms with Crippen molar-refractivity contribution >= 4 is 12.2 Å². The van der Waals surface area contributed by atoms with E-state index in [-0.39, 0.29) is 43.9 Å². The van der Waals surface area contributed by atoms with Gasteiger partial charge in [-0.2, -0.15) is 18.2 Å². The second-order valence-electron chi connectivity index (χ2n) is 6.09. The van der Waals surface area contributed by atoms with Gasteiger partial charge in [0.2, 0.25) is 11.8 Å². The molecule has 0 spiro atoms. The van der Waals surface area contributed by atoms with Crippen LogP contribution in [-0.2, 0) is 11.0 Å². The first kappa shape index (κ1) is 19.0. The minimum absolute atomic E-state index is 0.0318. The summed E-state index contributed by atoms with van der Waals surface area (Å²) in [6.07, 6.45) is -4.93. The first-order chi connectivity index (χ1) is 12.7. The molecule has 10 heteroatoms. The average Bonchev–Trinajstić information content (AvgIpc) is 2.61. The predicted octanol–water partition coefficient (Wildman–Crippen LogP) is 3.93. The molecular formula is C17H14F5N3O2. The van der Waals surface area contributed by atoms with Gasteiger partial charge in [-0.05, 0) is 12.1 Å². The van der Waals surface area contributed by atoms with Gasteiger partial charge in [0.05, 0.1) is 0 Å². The highest BCUT2D eigenvalue weighted by atomic mass is 19.4. The molecule has 1 aromatic carbocycles. The van der Waals surface area contributed by atoms with Crippen molar-refractivity contribution in [2.24, 2.45) is 0 Å². The van der Waals surface area contributed by atoms with E-state index in [9.17, 15) is 26.7 Å². The molecule has 2 aromatic rings. The molecule has 0 saturated carbocycles. The Morgan fingerprint density at radius 3 is 2.44 bits per heavy atom. The number of ether oxygens (including phenoxy) is 1. The van der Waals surface area contributed by atoms with E-state index in [0.29, 0.717) is 6.07 Å². The summed E-state index contributed by atoms with van der Waals surface area (Å²) in [7, 11) is 0. The number of rotatable bonds is 4. The largest absolute Gasteiger partial charge is 0.439 e. The van der Waals surface area contributed by atoms with E-state index in [1.165, 1.54) is 17.0 Å². The van der Waals surface area contributed by atoms with Gasteiger partial charge in [0, 0.05) is 38.1 Å². The predicted molar refractivity (Wildman–Crippen MR) is 84.9 cm³/mol. The van der Waals surface area contributed by atoms with Crippen molar-refractivity contribution in [2.45, 2.75) is 24.7 Å². The van der Waals surface area contributed by atoms with Gasteiger partial charge in [-0.15, -0.1) is 0 Å². The van der Waals surface area contributed by atoms with Gasteiger partial charge in [0.15, 0.2) is 17.6 Å². The number of benzene rings is 1. The third kappa shape index (κ3) is 4.50. The van der Waals surface area contributed by atoms with Crippen molar-refractivity contribution in [3.63, 3.8) is 0 Å². The van der Waals surface area contributed by atoms with Crippen molar-refractivity contribution in [3.05, 3.63) is 41.8 Å². The van der Waals surface area contributed by atoms with Gasteiger partial charge in [0.1, 0.15) is 11.6 Å². The summed E-state index contributed by atoms with van der Waals surface area (Å²) in [6.45, 7) is -0.0636. The monoisotopic (exact) mass is 387 g/mol. The number of carbonyl (C=O) groups is 1. The van der Waals surface area contributed by atoms with Gasteiger partial charge in [-0.1, -0.05) is 6.07 Å². The molecule has 0 unspecified atom stereocenters. The molecule has 5 nitrogen and oxygen atoms in total. The topological polar surface area (TPSA) is 55.3 Å². The van der Waals surface area contributed by atoms with E-state index in [1.807, 2.05) is 0 Å². The van der Waals surface area contributed by atoms with E-state index in [2.05, 4.69) is 9.97 Å². The highest BCUT2D eigenvalue weighted by Crippen LogP contribution is 2.34. The fourth-order valence-electron chi connectivity index (χ4n) is 2.60. The Labute approximate surface area is 150 Å². The Morgan fingerprint density at radius 1 is 1.15 bits per heavy atom. The van der Waals surface area contributed by atoms with Crippen LogP contribution < -0.4 is 9.64 Å². The Balaban J connectivity index is 1.91. The van der Waals surface area contributed by atoms with Gasteiger partial charge in [-0.25, -0.2) is 13.8 Å². The van der Waals surface area contributed by atoms with Crippen molar-refractivity contribution in [3.8, 4) is 11.6 Å². The van der Waals surface area contributed by atoms with E-state index in [1.54, 1.807) is 0 Å². The number of anilines is 1. The molecule has 1 aliphatic heterocycles. The highest BCUT2D eigenvalue weighted by molar-refractivity contribution is 5.63. The Bertz CT molecular complexity index is 836. The summed E-state index contributed by atoms with van der Waals surface area (Å²) in [4.78, 5) is 19.5. The Kier molecular flexibility index (Phi) is 4.99. The molecule has 0 atom stereocenters. The van der Waals surface area contributed by atoms with Crippen LogP contribution in [0.1, 0.15) is 18.5 Å². The van der Waals surface area contributed by atoms with Gasteiger partial charge in [-0.3, -0.25) is 4.79 Å². The summed E-state index contributed by atoms with van der Waals surface area (Å²) in [5, 5.41) is 0. The number of carbonyl (C=O) groups excluding carboxylic acids is 1. The zero-order valence-corrected chi connectivity index (χ0v) is 13.8. The number of hydrogen-bond donors (Lipinski definition) is 0. The molecule has 3 rings (SSSR count). The molecule has 0 aliphatic carbocycles. The zero-order chi connectivity index (χ0) is 19.7. The number of piperidine rings is 1. The minimum Gasteiger partial charge on any atom is -0.439 e. The number of aldehydes is 1. The minimum atomic E-state index is -4.76. The molecule has 27 heavy (non-hydrogen) atoms. The number of hydrogen-bond acceptors (Lipinski definition) is 5. The van der Waals surface area contributed by atoms with Crippen LogP contribution in [0.3, 0.4) is 0 Å². The lowest BCUT2D eigenvalue weighted by Gasteiger charge is -2.33. The molecule has 0 radical (unpaired) electrons. The van der Waals surface area contributed by atoms with Crippen molar-refractivity contribution in [2.75, 3.05) is 18.0 Å². The average molecular weight is 387 g/mol. The number of aromatic nitrogens is 2. The van der Waals surface area contributed by atoms with E-state index < -0.39 is 29.2 Å². The second kappa shape index (κ2) is 7.09. The molecular weight excluding hydrogens is 373 g/mol. The number of nitrogens with zero attached hydrogens (tertiary/aromatic N) is 3. The second-order valence-corrected chi connectivity index (χ2v) is 6.09. The normalized spacial score (nSPS) is 16.9. The molecule has 144 valence electrons. The zero-order valence-electron chi connectivity index (χ0n) is 13.8. The lowest BCUT2D eigenvalue weighted by atomic mass is 9.95. The maximum Gasteiger partial charge on any atom is 0.433 e. The first-order valence-electron chi connectivity index (χ1n) is 7.98. The molecule has 1 aliphatic rings. The summed E-state index contributed by atoms with van der Waals surface area (Å²) in [6, 6.07) is 5.45. The lowest BCUT2D eigenvalue weighted by Crippen LogP contribution is -2.43. The lowest BCUT2D eigenvalue weighted by molar-refractivity contribution is -0.141. The van der Waals surface area contributed by atoms with E-state index in [4.69, 9.17) is 4.74 Å². The standard InChI is InChI=1S/C17H14F5N3O2/c18-11-2-1-3-12(8-11)27-14-9-13(17(20,21)22)23-15(24-14)25-6-4-16(19,10-26)5-7-25/h1-3,8-10H,4-7H2. The van der Waals surface area contributed by atoms with Crippen molar-refractivity contribution in [1.29, 1.82) is 0 Å². The van der Waals surface area contributed by atoms with Crippen LogP contribution in [0, 0.1) is 5.82 Å². The molecule has 0 N–H and O–H groups in total. The smallest absolute Gasteiger partial charge is 0.433 e. The maximum atomic E-state index is 14.0. The molecule has 0 bridgehead atoms. The summed E-state index contributed by atoms with van der Waals surface area (Å²) in [5.41, 5.74) is -3.25. The van der Waals surface area contributed by atoms with Crippen LogP contribution in [0.2, 0.25) is 0 Å². The molecule has 1 saturated heterocycles. The fourth-order valence-corrected chi connectivity index (χ4v) is 2.60. The van der Waals surface area contributed by atoms with Gasteiger partial charge >= 0.3 is 6.18 Å². The van der Waals surface area contributed by atoms with E-state index in [0.717, 1.165) is 12.1 Å². The van der Waals surface area contributed by atoms with Crippen LogP contribution in [0.4, 0.5) is 27.9 Å². The Morgan fingerprint density at radius 2 is 1.85 bits per heavy atom. The van der Waals surface area contributed by atoms with E-state index >= 15 is 0 Å². The molecule has 1 fully saturated rings. The van der Waals surface area contributed by atoms with Crippen LogP contribution in [0.25, 0.3) is 0 Å². The fraction of sp³-hybridized carbons (Fsp3) is 0.353. The quantitative estimate of drug-likeness (QED) is 0.588. The summed E-state index contributed by atoms with van der Waals surface area (Å²) >= 11 is 0. The summed E-state index contributed by atoms with van der Waals surface area (Å²) in [5.74, 6) is -1.38. The maximum absolute atomic E-state index is 14.0. The number of alkyl halides is 4. The van der Waals surface area contributed by atoms with Crippen LogP contribution in [-0.4, -0.2) is 35.0 Å². The third-order valence-electron chi connectivity index (χ3n) is 4.09. The SMILES string of the molecule is O=CC1(F)CCN(c2nc(Oc3cccc(F)c3)cc(C(F)(F)F)n2)CC1. The third-order valence-corrected chi connectivity index (χ3v) is 4.09. The van der Waals surface area contributed by atoms with Gasteiger partial charge in [0.25, 0.3) is 0 Å². The number of halogens is 5. The molecule has 1 aromatic heterocycles. The highest BCUT2D eigenvalue weighted by Gasteiger charge is 2.37. The van der Waals surface area contributed by atoms with Crippen molar-refractivity contribution < 1.29 is 31.5 Å². The van der Waals surface area contributed by atoms with Gasteiger partial charge < -0.3 is 9.64 Å². The summed E-state index contributed by atoms with van der Waals surface area (Å²) < 4.78 is 72.0. The van der Waals surface area contributed by atoms with Crippen LogP contribution in [0.15, 0.2) is 30.3 Å². The first-order valence-corrected chi connectivity index (χ1v) is 7.98. The molecule has 2 heterocycles. The molecule has 0 amide bonds. The Hall–Kier alpha value is -2.78. The van der Waals surface area contributed by atoms with Crippen LogP contribution in [0.5, 0.6) is 11.6 Å². The van der Waals surface area contributed by atoms with Crippen LogP contribution >= 0.6 is 0 Å².